The Labute approximate surface area is 118 Å². The Morgan fingerprint density at radius 1 is 1.32 bits per heavy atom. The van der Waals surface area contributed by atoms with E-state index in [1.54, 1.807) is 0 Å². The zero-order chi connectivity index (χ0) is 14.9. The third-order valence-corrected chi connectivity index (χ3v) is 3.23. The Morgan fingerprint density at radius 3 is 2.42 bits per heavy atom. The van der Waals surface area contributed by atoms with Crippen molar-refractivity contribution < 1.29 is 14.3 Å². The van der Waals surface area contributed by atoms with E-state index < -0.39 is 5.54 Å². The van der Waals surface area contributed by atoms with Crippen molar-refractivity contribution in [3.63, 3.8) is 0 Å². The molecule has 0 aromatic rings. The minimum atomic E-state index is -0.666. The first-order valence-corrected chi connectivity index (χ1v) is 7.30. The smallest absolute Gasteiger partial charge is 0.325 e. The number of carbonyl (C=O) groups is 1. The zero-order valence-electron chi connectivity index (χ0n) is 13.4. The number of ether oxygens (including phenoxy) is 2. The van der Waals surface area contributed by atoms with Gasteiger partial charge in [-0.15, -0.1) is 0 Å². The third kappa shape index (κ3) is 7.53. The van der Waals surface area contributed by atoms with E-state index in [4.69, 9.17) is 9.47 Å². The fourth-order valence-electron chi connectivity index (χ4n) is 2.25. The van der Waals surface area contributed by atoms with E-state index in [0.29, 0.717) is 12.3 Å². The van der Waals surface area contributed by atoms with E-state index in [1.807, 2.05) is 20.8 Å². The third-order valence-electron chi connectivity index (χ3n) is 3.23. The van der Waals surface area contributed by atoms with Crippen LogP contribution >= 0.6 is 0 Å². The van der Waals surface area contributed by atoms with E-state index >= 15 is 0 Å². The zero-order valence-corrected chi connectivity index (χ0v) is 13.4. The first-order chi connectivity index (χ1) is 8.85. The highest BCUT2D eigenvalue weighted by atomic mass is 16.5. The molecule has 0 aliphatic heterocycles. The molecule has 0 fully saturated rings. The molecule has 2 unspecified atom stereocenters. The van der Waals surface area contributed by atoms with Crippen LogP contribution < -0.4 is 5.32 Å². The summed E-state index contributed by atoms with van der Waals surface area (Å²) in [6.07, 6.45) is 2.90. The molecule has 0 amide bonds. The SMILES string of the molecule is CCNC(C)(CC(C)OCCCC(C)C)C(=O)OC. The first kappa shape index (κ1) is 18.4. The molecule has 4 nitrogen and oxygen atoms in total. The lowest BCUT2D eigenvalue weighted by atomic mass is 9.94. The fraction of sp³-hybridized carbons (Fsp3) is 0.933. The average molecular weight is 273 g/mol. The molecule has 0 saturated heterocycles. The maximum Gasteiger partial charge on any atom is 0.325 e. The van der Waals surface area contributed by atoms with Gasteiger partial charge in [-0.1, -0.05) is 20.8 Å². The van der Waals surface area contributed by atoms with Crippen LogP contribution in [0.2, 0.25) is 0 Å². The summed E-state index contributed by atoms with van der Waals surface area (Å²) < 4.78 is 10.7. The molecule has 1 N–H and O–H groups in total. The van der Waals surface area contributed by atoms with Crippen LogP contribution in [-0.4, -0.2) is 37.9 Å². The largest absolute Gasteiger partial charge is 0.468 e. The van der Waals surface area contributed by atoms with Crippen molar-refractivity contribution in [1.29, 1.82) is 0 Å². The van der Waals surface area contributed by atoms with E-state index in [2.05, 4.69) is 19.2 Å². The van der Waals surface area contributed by atoms with E-state index in [-0.39, 0.29) is 12.1 Å². The lowest BCUT2D eigenvalue weighted by molar-refractivity contribution is -0.149. The molecule has 0 aromatic heterocycles. The number of hydrogen-bond acceptors (Lipinski definition) is 4. The topological polar surface area (TPSA) is 47.6 Å². The van der Waals surface area contributed by atoms with Crippen LogP contribution in [0.1, 0.15) is 53.9 Å². The van der Waals surface area contributed by atoms with Crippen molar-refractivity contribution in [2.24, 2.45) is 5.92 Å². The van der Waals surface area contributed by atoms with Crippen molar-refractivity contribution in [1.82, 2.24) is 5.32 Å². The van der Waals surface area contributed by atoms with Crippen LogP contribution in [0.25, 0.3) is 0 Å². The van der Waals surface area contributed by atoms with Gasteiger partial charge < -0.3 is 14.8 Å². The lowest BCUT2D eigenvalue weighted by Gasteiger charge is -2.30. The van der Waals surface area contributed by atoms with Crippen molar-refractivity contribution in [2.75, 3.05) is 20.3 Å². The maximum atomic E-state index is 11.8. The number of rotatable bonds is 10. The highest BCUT2D eigenvalue weighted by Gasteiger charge is 2.35. The molecular weight excluding hydrogens is 242 g/mol. The highest BCUT2D eigenvalue weighted by molar-refractivity contribution is 5.80. The molecule has 0 aliphatic carbocycles. The van der Waals surface area contributed by atoms with Gasteiger partial charge in [-0.2, -0.15) is 0 Å². The van der Waals surface area contributed by atoms with Crippen molar-refractivity contribution in [3.8, 4) is 0 Å². The fourth-order valence-corrected chi connectivity index (χ4v) is 2.25. The molecule has 0 rings (SSSR count). The van der Waals surface area contributed by atoms with Crippen LogP contribution in [0.15, 0.2) is 0 Å². The molecule has 0 saturated carbocycles. The summed E-state index contributed by atoms with van der Waals surface area (Å²) in [6, 6.07) is 0. The quantitative estimate of drug-likeness (QED) is 0.491. The van der Waals surface area contributed by atoms with Gasteiger partial charge in [0, 0.05) is 13.0 Å². The Balaban J connectivity index is 4.17. The molecule has 0 aromatic carbocycles. The Hall–Kier alpha value is -0.610. The number of carbonyl (C=O) groups excluding carboxylic acids is 1. The summed E-state index contributed by atoms with van der Waals surface area (Å²) in [5.41, 5.74) is -0.666. The van der Waals surface area contributed by atoms with Gasteiger partial charge in [-0.25, -0.2) is 0 Å². The molecule has 0 heterocycles. The second-order valence-corrected chi connectivity index (χ2v) is 5.78. The van der Waals surface area contributed by atoms with Gasteiger partial charge in [-0.05, 0) is 39.2 Å². The second kappa shape index (κ2) is 9.32. The molecule has 0 radical (unpaired) electrons. The summed E-state index contributed by atoms with van der Waals surface area (Å²) in [5, 5.41) is 3.19. The van der Waals surface area contributed by atoms with Gasteiger partial charge in [0.25, 0.3) is 0 Å². The van der Waals surface area contributed by atoms with Crippen LogP contribution in [0, 0.1) is 5.92 Å². The molecule has 2 atom stereocenters. The Bertz CT molecular complexity index is 256. The molecule has 0 aliphatic rings. The second-order valence-electron chi connectivity index (χ2n) is 5.78. The number of nitrogens with one attached hydrogen (secondary N) is 1. The number of likely N-dealkylation sites (N-methyl/N-ethyl adjacent to an activating group) is 1. The standard InChI is InChI=1S/C15H31NO3/c1-7-16-15(5,14(17)18-6)11-13(4)19-10-8-9-12(2)3/h12-13,16H,7-11H2,1-6H3. The molecule has 0 bridgehead atoms. The number of hydrogen-bond donors (Lipinski definition) is 1. The van der Waals surface area contributed by atoms with Gasteiger partial charge in [-0.3, -0.25) is 4.79 Å². The number of methoxy groups -OCH3 is 1. The van der Waals surface area contributed by atoms with Crippen LogP contribution in [-0.2, 0) is 14.3 Å². The predicted molar refractivity (Wildman–Crippen MR) is 78.2 cm³/mol. The molecule has 0 spiro atoms. The normalized spacial score (nSPS) is 16.2. The lowest BCUT2D eigenvalue weighted by Crippen LogP contribution is -2.52. The van der Waals surface area contributed by atoms with Crippen LogP contribution in [0.3, 0.4) is 0 Å². The minimum Gasteiger partial charge on any atom is -0.468 e. The number of esters is 1. The Kier molecular flexibility index (Phi) is 9.02. The predicted octanol–water partition coefficient (Wildman–Crippen LogP) is 2.76. The van der Waals surface area contributed by atoms with Crippen molar-refractivity contribution in [2.45, 2.75) is 65.5 Å². The van der Waals surface area contributed by atoms with Crippen molar-refractivity contribution in [3.05, 3.63) is 0 Å². The minimum absolute atomic E-state index is 0.0373. The molecule has 4 heteroatoms. The average Bonchev–Trinajstić information content (AvgIpc) is 2.33. The van der Waals surface area contributed by atoms with E-state index in [0.717, 1.165) is 19.6 Å². The highest BCUT2D eigenvalue weighted by Crippen LogP contribution is 2.17. The van der Waals surface area contributed by atoms with Crippen LogP contribution in [0.4, 0.5) is 0 Å². The van der Waals surface area contributed by atoms with Gasteiger partial charge in [0.05, 0.1) is 13.2 Å². The van der Waals surface area contributed by atoms with Gasteiger partial charge in [0.1, 0.15) is 5.54 Å². The summed E-state index contributed by atoms with van der Waals surface area (Å²) in [7, 11) is 1.42. The summed E-state index contributed by atoms with van der Waals surface area (Å²) in [6.45, 7) is 11.8. The van der Waals surface area contributed by atoms with Crippen LogP contribution in [0.5, 0.6) is 0 Å². The summed E-state index contributed by atoms with van der Waals surface area (Å²) in [5.74, 6) is 0.480. The molecule has 114 valence electrons. The van der Waals surface area contributed by atoms with Crippen molar-refractivity contribution >= 4 is 5.97 Å². The molecule has 19 heavy (non-hydrogen) atoms. The maximum absolute atomic E-state index is 11.8. The van der Waals surface area contributed by atoms with Gasteiger partial charge in [0.15, 0.2) is 0 Å². The van der Waals surface area contributed by atoms with Gasteiger partial charge >= 0.3 is 5.97 Å². The summed E-state index contributed by atoms with van der Waals surface area (Å²) >= 11 is 0. The van der Waals surface area contributed by atoms with E-state index in [9.17, 15) is 4.79 Å². The molecular formula is C15H31NO3. The Morgan fingerprint density at radius 2 is 1.95 bits per heavy atom. The first-order valence-electron chi connectivity index (χ1n) is 7.30. The summed E-state index contributed by atoms with van der Waals surface area (Å²) in [4.78, 5) is 11.8. The van der Waals surface area contributed by atoms with E-state index in [1.165, 1.54) is 13.5 Å². The monoisotopic (exact) mass is 273 g/mol. The van der Waals surface area contributed by atoms with Gasteiger partial charge in [0.2, 0.25) is 0 Å².